The molecule has 0 saturated heterocycles. The van der Waals surface area contributed by atoms with Gasteiger partial charge in [-0.1, -0.05) is 6.92 Å². The van der Waals surface area contributed by atoms with E-state index in [1.807, 2.05) is 6.92 Å². The van der Waals surface area contributed by atoms with Gasteiger partial charge in [0.1, 0.15) is 11.5 Å². The second-order valence-corrected chi connectivity index (χ2v) is 4.37. The minimum atomic E-state index is -2.58. The third-order valence-corrected chi connectivity index (χ3v) is 3.08. The zero-order valence-electron chi connectivity index (χ0n) is 8.30. The molecule has 5 heteroatoms. The fourth-order valence-electron chi connectivity index (χ4n) is 1.41. The summed E-state index contributed by atoms with van der Waals surface area (Å²) in [5, 5.41) is 0. The number of aromatic nitrogens is 2. The zero-order valence-corrected chi connectivity index (χ0v) is 9.06. The summed E-state index contributed by atoms with van der Waals surface area (Å²) in [7, 11) is 0. The van der Waals surface area contributed by atoms with Crippen LogP contribution in [0, 0.1) is 0 Å². The van der Waals surface area contributed by atoms with Crippen LogP contribution in [0.1, 0.15) is 43.3 Å². The smallest absolute Gasteiger partial charge is 0.240 e. The molecule has 0 bridgehead atoms. The standard InChI is InChI=1S/C10H11ClF2N2/c1-10(2-3-10)9-14-5-6(4-11)7(15-9)8(12)13/h5,8H,2-4H2,1H3. The van der Waals surface area contributed by atoms with Crippen molar-refractivity contribution >= 4 is 11.6 Å². The molecule has 0 aromatic carbocycles. The van der Waals surface area contributed by atoms with Gasteiger partial charge in [-0.2, -0.15) is 0 Å². The van der Waals surface area contributed by atoms with Gasteiger partial charge in [0.25, 0.3) is 6.43 Å². The molecule has 0 aliphatic heterocycles. The third kappa shape index (κ3) is 1.95. The maximum Gasteiger partial charge on any atom is 0.280 e. The van der Waals surface area contributed by atoms with Crippen LogP contribution in [0.4, 0.5) is 8.78 Å². The van der Waals surface area contributed by atoms with E-state index in [9.17, 15) is 8.78 Å². The monoisotopic (exact) mass is 232 g/mol. The predicted octanol–water partition coefficient (Wildman–Crippen LogP) is 3.20. The first-order chi connectivity index (χ1) is 7.07. The van der Waals surface area contributed by atoms with E-state index in [-0.39, 0.29) is 17.0 Å². The molecule has 1 saturated carbocycles. The van der Waals surface area contributed by atoms with Crippen molar-refractivity contribution in [3.63, 3.8) is 0 Å². The molecule has 1 aliphatic rings. The van der Waals surface area contributed by atoms with Crippen LogP contribution in [-0.2, 0) is 11.3 Å². The van der Waals surface area contributed by atoms with Gasteiger partial charge < -0.3 is 0 Å². The molecule has 0 spiro atoms. The minimum Gasteiger partial charge on any atom is -0.240 e. The van der Waals surface area contributed by atoms with Crippen LogP contribution in [-0.4, -0.2) is 9.97 Å². The van der Waals surface area contributed by atoms with Gasteiger partial charge in [-0.3, -0.25) is 0 Å². The summed E-state index contributed by atoms with van der Waals surface area (Å²) in [5.74, 6) is 0.545. The Balaban J connectivity index is 2.41. The van der Waals surface area contributed by atoms with Crippen molar-refractivity contribution in [3.05, 3.63) is 23.3 Å². The lowest BCUT2D eigenvalue weighted by Crippen LogP contribution is -2.10. The Morgan fingerprint density at radius 3 is 2.67 bits per heavy atom. The van der Waals surface area contributed by atoms with Crippen LogP contribution in [0.3, 0.4) is 0 Å². The first-order valence-corrected chi connectivity index (χ1v) is 5.31. The largest absolute Gasteiger partial charge is 0.280 e. The third-order valence-electron chi connectivity index (χ3n) is 2.79. The Hall–Kier alpha value is -0.770. The lowest BCUT2D eigenvalue weighted by Gasteiger charge is -2.10. The quantitative estimate of drug-likeness (QED) is 0.748. The Morgan fingerprint density at radius 2 is 2.20 bits per heavy atom. The molecule has 2 rings (SSSR count). The van der Waals surface area contributed by atoms with Gasteiger partial charge in [-0.15, -0.1) is 11.6 Å². The molecule has 0 atom stereocenters. The molecule has 1 aliphatic carbocycles. The van der Waals surface area contributed by atoms with E-state index in [1.54, 1.807) is 0 Å². The molecule has 1 aromatic rings. The maximum absolute atomic E-state index is 12.7. The summed E-state index contributed by atoms with van der Waals surface area (Å²) in [6.07, 6.45) is 0.773. The van der Waals surface area contributed by atoms with Crippen LogP contribution < -0.4 is 0 Å². The molecule has 1 fully saturated rings. The molecule has 15 heavy (non-hydrogen) atoms. The Morgan fingerprint density at radius 1 is 1.53 bits per heavy atom. The van der Waals surface area contributed by atoms with E-state index in [0.717, 1.165) is 12.8 Å². The summed E-state index contributed by atoms with van der Waals surface area (Å²) in [5.41, 5.74) is 0.0110. The van der Waals surface area contributed by atoms with Gasteiger partial charge in [0.2, 0.25) is 0 Å². The average molecular weight is 233 g/mol. The summed E-state index contributed by atoms with van der Waals surface area (Å²) < 4.78 is 25.3. The van der Waals surface area contributed by atoms with Crippen molar-refractivity contribution in [1.29, 1.82) is 0 Å². The Bertz CT molecular complexity index is 378. The van der Waals surface area contributed by atoms with Gasteiger partial charge in [-0.25, -0.2) is 18.7 Å². The second-order valence-electron chi connectivity index (χ2n) is 4.10. The highest BCUT2D eigenvalue weighted by atomic mass is 35.5. The molecular formula is C10H11ClF2N2. The highest BCUT2D eigenvalue weighted by Gasteiger charge is 2.42. The molecule has 0 radical (unpaired) electrons. The fraction of sp³-hybridized carbons (Fsp3) is 0.600. The first kappa shape index (κ1) is 10.7. The van der Waals surface area contributed by atoms with E-state index in [2.05, 4.69) is 9.97 Å². The topological polar surface area (TPSA) is 25.8 Å². The number of rotatable bonds is 3. The van der Waals surface area contributed by atoms with Crippen LogP contribution in [0.2, 0.25) is 0 Å². The molecule has 0 unspecified atom stereocenters. The Labute approximate surface area is 91.7 Å². The summed E-state index contributed by atoms with van der Waals surface area (Å²) in [6, 6.07) is 0. The lowest BCUT2D eigenvalue weighted by atomic mass is 10.1. The molecular weight excluding hydrogens is 222 g/mol. The van der Waals surface area contributed by atoms with Crippen molar-refractivity contribution in [2.24, 2.45) is 0 Å². The zero-order chi connectivity index (χ0) is 11.1. The number of hydrogen-bond acceptors (Lipinski definition) is 2. The molecule has 0 amide bonds. The molecule has 1 heterocycles. The summed E-state index contributed by atoms with van der Waals surface area (Å²) in [4.78, 5) is 8.03. The minimum absolute atomic E-state index is 0.0245. The van der Waals surface area contributed by atoms with Crippen molar-refractivity contribution in [2.75, 3.05) is 0 Å². The normalized spacial score (nSPS) is 18.2. The number of nitrogens with zero attached hydrogens (tertiary/aromatic N) is 2. The average Bonchev–Trinajstić information content (AvgIpc) is 2.96. The predicted molar refractivity (Wildman–Crippen MR) is 53.1 cm³/mol. The van der Waals surface area contributed by atoms with E-state index >= 15 is 0 Å². The number of alkyl halides is 3. The van der Waals surface area contributed by atoms with Crippen molar-refractivity contribution in [2.45, 2.75) is 37.5 Å². The van der Waals surface area contributed by atoms with Gasteiger partial charge >= 0.3 is 0 Å². The number of hydrogen-bond donors (Lipinski definition) is 0. The SMILES string of the molecule is CC1(c2ncc(CCl)c(C(F)F)n2)CC1. The van der Waals surface area contributed by atoms with E-state index in [4.69, 9.17) is 11.6 Å². The number of halogens is 3. The van der Waals surface area contributed by atoms with Crippen LogP contribution in [0.5, 0.6) is 0 Å². The van der Waals surface area contributed by atoms with Gasteiger partial charge in [0, 0.05) is 17.2 Å². The van der Waals surface area contributed by atoms with Crippen LogP contribution >= 0.6 is 11.6 Å². The van der Waals surface area contributed by atoms with Gasteiger partial charge in [0.05, 0.1) is 5.88 Å². The summed E-state index contributed by atoms with van der Waals surface area (Å²) in [6.45, 7) is 1.98. The molecule has 82 valence electrons. The van der Waals surface area contributed by atoms with Crippen molar-refractivity contribution < 1.29 is 8.78 Å². The van der Waals surface area contributed by atoms with Crippen LogP contribution in [0.25, 0.3) is 0 Å². The first-order valence-electron chi connectivity index (χ1n) is 4.77. The maximum atomic E-state index is 12.7. The summed E-state index contributed by atoms with van der Waals surface area (Å²) >= 11 is 5.55. The fourth-order valence-corrected chi connectivity index (χ4v) is 1.62. The van der Waals surface area contributed by atoms with E-state index < -0.39 is 6.43 Å². The Kier molecular flexibility index (Phi) is 2.63. The van der Waals surface area contributed by atoms with Crippen molar-refractivity contribution in [1.82, 2.24) is 9.97 Å². The molecule has 2 nitrogen and oxygen atoms in total. The van der Waals surface area contributed by atoms with E-state index in [0.29, 0.717) is 11.4 Å². The van der Waals surface area contributed by atoms with E-state index in [1.165, 1.54) is 6.20 Å². The lowest BCUT2D eigenvalue weighted by molar-refractivity contribution is 0.144. The molecule has 1 aromatic heterocycles. The van der Waals surface area contributed by atoms with Crippen LogP contribution in [0.15, 0.2) is 6.20 Å². The van der Waals surface area contributed by atoms with Gasteiger partial charge in [-0.05, 0) is 12.8 Å². The van der Waals surface area contributed by atoms with Gasteiger partial charge in [0.15, 0.2) is 0 Å². The highest BCUT2D eigenvalue weighted by molar-refractivity contribution is 6.17. The second kappa shape index (κ2) is 3.67. The van der Waals surface area contributed by atoms with Crippen molar-refractivity contribution in [3.8, 4) is 0 Å². The highest BCUT2D eigenvalue weighted by Crippen LogP contribution is 2.46. The molecule has 0 N–H and O–H groups in total.